The third-order valence-electron chi connectivity index (χ3n) is 3.35. The second-order valence-electron chi connectivity index (χ2n) is 5.53. The Kier molecular flexibility index (Phi) is 6.57. The summed E-state index contributed by atoms with van der Waals surface area (Å²) in [4.78, 5) is 37.4. The molecule has 2 N–H and O–H groups in total. The molecule has 0 saturated heterocycles. The molecule has 0 unspecified atom stereocenters. The number of hydrogen-bond donors (Lipinski definition) is 2. The monoisotopic (exact) mass is 375 g/mol. The van der Waals surface area contributed by atoms with Gasteiger partial charge in [0.15, 0.2) is 6.61 Å². The van der Waals surface area contributed by atoms with Crippen molar-refractivity contribution >= 4 is 35.1 Å². The van der Waals surface area contributed by atoms with Crippen LogP contribution in [0.3, 0.4) is 0 Å². The Bertz CT molecular complexity index is 806. The zero-order chi connectivity index (χ0) is 19.1. The normalized spacial score (nSPS) is 9.96. The lowest BCUT2D eigenvalue weighted by molar-refractivity contribution is -0.125. The molecule has 0 radical (unpaired) electrons. The van der Waals surface area contributed by atoms with E-state index < -0.39 is 24.4 Å². The first kappa shape index (κ1) is 19.3. The predicted molar refractivity (Wildman–Crippen MR) is 98.1 cm³/mol. The largest absolute Gasteiger partial charge is 0.452 e. The number of nitrogens with zero attached hydrogens (tertiary/aromatic N) is 1. The number of anilines is 1. The van der Waals surface area contributed by atoms with Gasteiger partial charge in [-0.2, -0.15) is 0 Å². The minimum absolute atomic E-state index is 0.326. The van der Waals surface area contributed by atoms with E-state index in [1.807, 2.05) is 25.1 Å². The number of esters is 1. The van der Waals surface area contributed by atoms with Gasteiger partial charge in [-0.15, -0.1) is 0 Å². The van der Waals surface area contributed by atoms with Crippen molar-refractivity contribution in [3.05, 3.63) is 64.7 Å². The molecule has 0 aliphatic carbocycles. The quantitative estimate of drug-likeness (QED) is 0.616. The summed E-state index contributed by atoms with van der Waals surface area (Å²) in [7, 11) is 3.70. The van der Waals surface area contributed by atoms with Gasteiger partial charge in [-0.1, -0.05) is 17.7 Å². The van der Waals surface area contributed by atoms with E-state index >= 15 is 0 Å². The van der Waals surface area contributed by atoms with Gasteiger partial charge in [-0.25, -0.2) is 4.79 Å². The molecule has 0 spiro atoms. The van der Waals surface area contributed by atoms with Crippen LogP contribution in [0.5, 0.6) is 0 Å². The average Bonchev–Trinajstić information content (AvgIpc) is 2.64. The summed E-state index contributed by atoms with van der Waals surface area (Å²) in [5, 5.41) is 0.496. The molecule has 0 aromatic heterocycles. The van der Waals surface area contributed by atoms with Crippen LogP contribution in [0.2, 0.25) is 5.02 Å². The highest BCUT2D eigenvalue weighted by Crippen LogP contribution is 2.14. The second-order valence-corrected chi connectivity index (χ2v) is 5.97. The summed E-state index contributed by atoms with van der Waals surface area (Å²) >= 11 is 5.74. The Labute approximate surface area is 155 Å². The van der Waals surface area contributed by atoms with Crippen molar-refractivity contribution in [2.75, 3.05) is 25.6 Å². The second kappa shape index (κ2) is 8.87. The van der Waals surface area contributed by atoms with Gasteiger partial charge in [-0.3, -0.25) is 20.4 Å². The number of carbonyl (C=O) groups is 3. The molecular weight excluding hydrogens is 358 g/mol. The Morgan fingerprint density at radius 1 is 1.00 bits per heavy atom. The lowest BCUT2D eigenvalue weighted by Gasteiger charge is -2.13. The van der Waals surface area contributed by atoms with Crippen molar-refractivity contribution in [3.8, 4) is 0 Å². The first-order valence-electron chi connectivity index (χ1n) is 7.66. The smallest absolute Gasteiger partial charge is 0.338 e. The van der Waals surface area contributed by atoms with Gasteiger partial charge in [0, 0.05) is 30.4 Å². The number of nitrogens with one attached hydrogen (secondary N) is 2. The van der Waals surface area contributed by atoms with Crippen LogP contribution in [0, 0.1) is 0 Å². The molecule has 136 valence electrons. The highest BCUT2D eigenvalue weighted by Gasteiger charge is 2.12. The van der Waals surface area contributed by atoms with Crippen molar-refractivity contribution in [1.82, 2.24) is 10.9 Å². The third-order valence-corrected chi connectivity index (χ3v) is 3.61. The number of benzene rings is 2. The topological polar surface area (TPSA) is 87.7 Å². The molecule has 2 aromatic rings. The molecule has 0 aliphatic heterocycles. The van der Waals surface area contributed by atoms with Gasteiger partial charge in [0.1, 0.15) is 0 Å². The van der Waals surface area contributed by atoms with Crippen LogP contribution in [-0.2, 0) is 9.53 Å². The van der Waals surface area contributed by atoms with Crippen LogP contribution in [-0.4, -0.2) is 38.5 Å². The molecule has 0 saturated carbocycles. The standard InChI is InChI=1S/C18H18ClN3O4/c1-22(2)15-5-3-4-13(10-15)18(25)26-11-16(23)20-21-17(24)12-6-8-14(19)9-7-12/h3-10H,11H2,1-2H3,(H,20,23)(H,21,24). The lowest BCUT2D eigenvalue weighted by Crippen LogP contribution is -2.43. The van der Waals surface area contributed by atoms with Crippen LogP contribution in [0.4, 0.5) is 5.69 Å². The van der Waals surface area contributed by atoms with E-state index in [1.54, 1.807) is 30.3 Å². The maximum Gasteiger partial charge on any atom is 0.338 e. The van der Waals surface area contributed by atoms with E-state index in [2.05, 4.69) is 10.9 Å². The van der Waals surface area contributed by atoms with Crippen LogP contribution in [0.1, 0.15) is 20.7 Å². The molecular formula is C18H18ClN3O4. The molecule has 0 heterocycles. The lowest BCUT2D eigenvalue weighted by atomic mass is 10.2. The summed E-state index contributed by atoms with van der Waals surface area (Å²) in [6, 6.07) is 13.0. The summed E-state index contributed by atoms with van der Waals surface area (Å²) in [5.74, 6) is -1.81. The zero-order valence-electron chi connectivity index (χ0n) is 14.3. The van der Waals surface area contributed by atoms with E-state index in [4.69, 9.17) is 16.3 Å². The number of hydrogen-bond acceptors (Lipinski definition) is 5. The number of halogens is 1. The number of hydrazine groups is 1. The average molecular weight is 376 g/mol. The summed E-state index contributed by atoms with van der Waals surface area (Å²) in [5.41, 5.74) is 5.89. The Hall–Kier alpha value is -3.06. The predicted octanol–water partition coefficient (Wildman–Crippen LogP) is 2.02. The van der Waals surface area contributed by atoms with Crippen molar-refractivity contribution < 1.29 is 19.1 Å². The van der Waals surface area contributed by atoms with Gasteiger partial charge in [0.05, 0.1) is 5.56 Å². The first-order valence-corrected chi connectivity index (χ1v) is 8.04. The minimum Gasteiger partial charge on any atom is -0.452 e. The first-order chi connectivity index (χ1) is 12.4. The highest BCUT2D eigenvalue weighted by molar-refractivity contribution is 6.30. The number of rotatable bonds is 5. The SMILES string of the molecule is CN(C)c1cccc(C(=O)OCC(=O)NNC(=O)c2ccc(Cl)cc2)c1. The Morgan fingerprint density at radius 3 is 2.35 bits per heavy atom. The highest BCUT2D eigenvalue weighted by atomic mass is 35.5. The molecule has 2 amide bonds. The number of carbonyl (C=O) groups excluding carboxylic acids is 3. The van der Waals surface area contributed by atoms with Crippen LogP contribution in [0.15, 0.2) is 48.5 Å². The fourth-order valence-electron chi connectivity index (χ4n) is 1.96. The van der Waals surface area contributed by atoms with Crippen molar-refractivity contribution in [3.63, 3.8) is 0 Å². The minimum atomic E-state index is -0.663. The molecule has 0 fully saturated rings. The molecule has 2 aromatic carbocycles. The van der Waals surface area contributed by atoms with Crippen LogP contribution in [0.25, 0.3) is 0 Å². The molecule has 8 heteroatoms. The fraction of sp³-hybridized carbons (Fsp3) is 0.167. The number of ether oxygens (including phenoxy) is 1. The Morgan fingerprint density at radius 2 is 1.69 bits per heavy atom. The molecule has 0 bridgehead atoms. The molecule has 26 heavy (non-hydrogen) atoms. The molecule has 0 aliphatic rings. The van der Waals surface area contributed by atoms with E-state index in [-0.39, 0.29) is 0 Å². The van der Waals surface area contributed by atoms with E-state index in [0.29, 0.717) is 16.1 Å². The van der Waals surface area contributed by atoms with Gasteiger partial charge < -0.3 is 9.64 Å². The molecule has 2 rings (SSSR count). The van der Waals surface area contributed by atoms with Crippen molar-refractivity contribution in [2.45, 2.75) is 0 Å². The van der Waals surface area contributed by atoms with Crippen molar-refractivity contribution in [1.29, 1.82) is 0 Å². The van der Waals surface area contributed by atoms with Gasteiger partial charge >= 0.3 is 5.97 Å². The van der Waals surface area contributed by atoms with Gasteiger partial charge in [0.25, 0.3) is 11.8 Å². The van der Waals surface area contributed by atoms with E-state index in [0.717, 1.165) is 5.69 Å². The number of amides is 2. The maximum absolute atomic E-state index is 12.0. The van der Waals surface area contributed by atoms with E-state index in [1.165, 1.54) is 12.1 Å². The van der Waals surface area contributed by atoms with Crippen LogP contribution < -0.4 is 15.8 Å². The third kappa shape index (κ3) is 5.49. The fourth-order valence-corrected chi connectivity index (χ4v) is 2.09. The zero-order valence-corrected chi connectivity index (χ0v) is 15.0. The van der Waals surface area contributed by atoms with Crippen LogP contribution >= 0.6 is 11.6 Å². The van der Waals surface area contributed by atoms with E-state index in [9.17, 15) is 14.4 Å². The summed E-state index contributed by atoms with van der Waals surface area (Å²) in [6.45, 7) is -0.522. The Balaban J connectivity index is 1.81. The summed E-state index contributed by atoms with van der Waals surface area (Å²) < 4.78 is 4.94. The van der Waals surface area contributed by atoms with Gasteiger partial charge in [-0.05, 0) is 42.5 Å². The molecule has 0 atom stereocenters. The van der Waals surface area contributed by atoms with Gasteiger partial charge in [0.2, 0.25) is 0 Å². The molecule has 7 nitrogen and oxygen atoms in total. The van der Waals surface area contributed by atoms with Crippen molar-refractivity contribution in [2.24, 2.45) is 0 Å². The summed E-state index contributed by atoms with van der Waals surface area (Å²) in [6.07, 6.45) is 0. The maximum atomic E-state index is 12.0.